The Labute approximate surface area is 367 Å². The number of hydrogen-bond acceptors (Lipinski definition) is 14. The number of hydrogen-bond donors (Lipinski definition) is 8. The second-order valence-corrected chi connectivity index (χ2v) is 17.3. The molecule has 0 saturated heterocycles. The molecule has 63 heavy (non-hydrogen) atoms. The number of phosphoric acid groups is 3. The Morgan fingerprint density at radius 1 is 0.540 bits per heavy atom. The largest absolute Gasteiger partial charge is 0.472 e. The number of ether oxygens (including phenoxy) is 2. The van der Waals surface area contributed by atoms with Gasteiger partial charge in [-0.15, -0.1) is 0 Å². The van der Waals surface area contributed by atoms with Crippen molar-refractivity contribution in [2.45, 2.75) is 146 Å². The summed E-state index contributed by atoms with van der Waals surface area (Å²) in [7, 11) is -16.7. The first-order valence-electron chi connectivity index (χ1n) is 19.8. The third-order valence-electron chi connectivity index (χ3n) is 8.38. The van der Waals surface area contributed by atoms with E-state index in [2.05, 4.69) is 92.9 Å². The summed E-state index contributed by atoms with van der Waals surface area (Å²) in [6.45, 7) is 1.99. The molecule has 346 valence electrons. The maximum atomic E-state index is 13.0. The number of esters is 2. The van der Waals surface area contributed by atoms with Crippen LogP contribution in [0.2, 0.25) is 0 Å². The number of unbranched alkanes of at least 4 members (excludes halogenated alkanes) is 12. The van der Waals surface area contributed by atoms with E-state index in [1.54, 1.807) is 6.92 Å². The highest BCUT2D eigenvalue weighted by Gasteiger charge is 2.56. The highest BCUT2D eigenvalue weighted by atomic mass is 31.2. The maximum Gasteiger partial charge on any atom is 0.472 e. The van der Waals surface area contributed by atoms with Crippen molar-refractivity contribution < 1.29 is 90.6 Å². The molecule has 4 unspecified atom stereocenters. The lowest BCUT2D eigenvalue weighted by Gasteiger charge is -2.44. The molecule has 0 aromatic carbocycles. The molecule has 22 heteroatoms. The summed E-state index contributed by atoms with van der Waals surface area (Å²) in [6.07, 6.45) is -3.06. The summed E-state index contributed by atoms with van der Waals surface area (Å²) < 4.78 is 64.5. The second-order valence-electron chi connectivity index (χ2n) is 13.5. The number of aliphatic hydroxyl groups excluding tert-OH is 3. The zero-order valence-electron chi connectivity index (χ0n) is 34.8. The van der Waals surface area contributed by atoms with E-state index < -0.39 is 91.3 Å². The van der Waals surface area contributed by atoms with Gasteiger partial charge in [0.25, 0.3) is 0 Å². The van der Waals surface area contributed by atoms with E-state index in [0.717, 1.165) is 25.7 Å². The molecule has 0 radical (unpaired) electrons. The van der Waals surface area contributed by atoms with Gasteiger partial charge < -0.3 is 49.3 Å². The van der Waals surface area contributed by atoms with Gasteiger partial charge in [-0.3, -0.25) is 22.9 Å². The molecule has 0 bridgehead atoms. The van der Waals surface area contributed by atoms with Crippen molar-refractivity contribution in [3.05, 3.63) is 0 Å². The van der Waals surface area contributed by atoms with E-state index in [0.29, 0.717) is 12.8 Å². The summed E-state index contributed by atoms with van der Waals surface area (Å²) in [4.78, 5) is 72.4. The average molecular weight is 943 g/mol. The Kier molecular flexibility index (Phi) is 28.9. The topological polar surface area (TPSA) is 303 Å². The first kappa shape index (κ1) is 57.1. The fraction of sp³-hybridized carbons (Fsp3) is 0.610. The van der Waals surface area contributed by atoms with E-state index in [9.17, 15) is 63.1 Å². The zero-order valence-corrected chi connectivity index (χ0v) is 37.4. The van der Waals surface area contributed by atoms with Crippen LogP contribution >= 0.6 is 23.5 Å². The first-order chi connectivity index (χ1) is 29.8. The Morgan fingerprint density at radius 3 is 1.41 bits per heavy atom. The van der Waals surface area contributed by atoms with Crippen LogP contribution in [-0.4, -0.2) is 108 Å². The van der Waals surface area contributed by atoms with Gasteiger partial charge in [-0.2, -0.15) is 0 Å². The normalized spacial score (nSPS) is 20.3. The average Bonchev–Trinajstić information content (AvgIpc) is 3.20. The molecule has 0 aromatic rings. The Morgan fingerprint density at radius 2 is 0.952 bits per heavy atom. The van der Waals surface area contributed by atoms with Crippen LogP contribution in [0.5, 0.6) is 0 Å². The summed E-state index contributed by atoms with van der Waals surface area (Å²) in [5, 5.41) is 31.7. The van der Waals surface area contributed by atoms with Crippen LogP contribution in [0.4, 0.5) is 0 Å². The minimum Gasteiger partial charge on any atom is -0.456 e. The summed E-state index contributed by atoms with van der Waals surface area (Å²) >= 11 is 0. The molecule has 19 nitrogen and oxygen atoms in total. The molecule has 1 fully saturated rings. The van der Waals surface area contributed by atoms with Gasteiger partial charge in [-0.25, -0.2) is 18.5 Å². The lowest BCUT2D eigenvalue weighted by molar-refractivity contribution is -0.213. The highest BCUT2D eigenvalue weighted by Crippen LogP contribution is 2.51. The molecular formula is C41H53O19P3. The van der Waals surface area contributed by atoms with Gasteiger partial charge in [0.05, 0.1) is 6.61 Å². The molecule has 0 spiro atoms. The van der Waals surface area contributed by atoms with Crippen LogP contribution in [0, 0.1) is 82.9 Å². The van der Waals surface area contributed by atoms with E-state index in [1.165, 1.54) is 44.9 Å². The minimum atomic E-state index is -5.63. The predicted molar refractivity (Wildman–Crippen MR) is 224 cm³/mol. The van der Waals surface area contributed by atoms with Crippen LogP contribution in [0.1, 0.15) is 104 Å². The highest BCUT2D eigenvalue weighted by molar-refractivity contribution is 7.47. The summed E-state index contributed by atoms with van der Waals surface area (Å²) in [5.41, 5.74) is 0. The Balaban J connectivity index is 2.96. The van der Waals surface area contributed by atoms with Crippen molar-refractivity contribution in [1.82, 2.24) is 0 Å². The van der Waals surface area contributed by atoms with Gasteiger partial charge >= 0.3 is 35.4 Å². The number of phosphoric ester groups is 3. The van der Waals surface area contributed by atoms with Gasteiger partial charge in [0.1, 0.15) is 43.2 Å². The molecular weight excluding hydrogens is 889 g/mol. The molecule has 8 N–H and O–H groups in total. The molecule has 1 saturated carbocycles. The molecule has 1 aliphatic rings. The standard InChI is InChI=1S/C41H53O19P3/c1-3-5-7-9-11-13-15-17-19-21-23-25-27-29-34(42)55-31-33(57-35(43)30-28-26-24-22-20-18-16-14-12-10-8-6-4-2)32-56-63(53,54)60-39-36(44)37(45)40(58-61(47,48)49)41(38(39)46)59-62(50,51)52/h33,36-41,44-46H,4,6,8,10,12,14,16,18,20,22,24,26,28,30-32H2,1-2H3,(H,53,54)(H2,47,48,49)(H2,50,51,52)/t33-,36+,37?,38?,39?,40-,41+/m1/s1. The van der Waals surface area contributed by atoms with Crippen LogP contribution in [0.3, 0.4) is 0 Å². The van der Waals surface area contributed by atoms with Crippen molar-refractivity contribution in [2.24, 2.45) is 0 Å². The molecule has 1 rings (SSSR count). The van der Waals surface area contributed by atoms with Crippen molar-refractivity contribution in [1.29, 1.82) is 0 Å². The number of aliphatic hydroxyl groups is 3. The van der Waals surface area contributed by atoms with Gasteiger partial charge in [-0.05, 0) is 84.4 Å². The second kappa shape index (κ2) is 31.8. The number of rotatable bonds is 26. The number of carbonyl (C=O) groups is 2. The van der Waals surface area contributed by atoms with Crippen LogP contribution in [0.15, 0.2) is 0 Å². The Hall–Kier alpha value is -3.93. The molecule has 0 aliphatic heterocycles. The fourth-order valence-electron chi connectivity index (χ4n) is 5.52. The molecule has 8 atom stereocenters. The van der Waals surface area contributed by atoms with E-state index in [-0.39, 0.29) is 6.42 Å². The minimum absolute atomic E-state index is 0.0811. The van der Waals surface area contributed by atoms with E-state index in [4.69, 9.17) is 18.5 Å². The third kappa shape index (κ3) is 28.5. The van der Waals surface area contributed by atoms with E-state index in [1.807, 2.05) is 5.92 Å². The molecule has 0 amide bonds. The smallest absolute Gasteiger partial charge is 0.456 e. The van der Waals surface area contributed by atoms with Gasteiger partial charge in [0.15, 0.2) is 6.10 Å². The maximum absolute atomic E-state index is 13.0. The van der Waals surface area contributed by atoms with Crippen LogP contribution in [0.25, 0.3) is 0 Å². The van der Waals surface area contributed by atoms with Crippen molar-refractivity contribution in [2.75, 3.05) is 13.2 Å². The van der Waals surface area contributed by atoms with Gasteiger partial charge in [0, 0.05) is 12.3 Å². The monoisotopic (exact) mass is 942 g/mol. The zero-order chi connectivity index (χ0) is 47.2. The fourth-order valence-corrected chi connectivity index (χ4v) is 7.62. The van der Waals surface area contributed by atoms with Gasteiger partial charge in [-0.1, -0.05) is 89.9 Å². The van der Waals surface area contributed by atoms with Crippen molar-refractivity contribution in [3.63, 3.8) is 0 Å². The van der Waals surface area contributed by atoms with Crippen LogP contribution < -0.4 is 0 Å². The Bertz CT molecular complexity index is 2070. The number of carbonyl (C=O) groups excluding carboxylic acids is 2. The summed E-state index contributed by atoms with van der Waals surface area (Å²) in [6, 6.07) is 0. The first-order valence-corrected chi connectivity index (χ1v) is 24.3. The SMILES string of the molecule is CC#CC#CC#CC#CC#CC#CC#CC(=O)OC[C@H](COP(=O)(O)OC1C(O)[C@H](OP(=O)(O)O)[C@H](OP(=O)(O)O)C(O)[C@@H]1O)OC(=O)CCCCCCCCCCCCCCC. The lowest BCUT2D eigenvalue weighted by Crippen LogP contribution is -2.65. The molecule has 1 aliphatic carbocycles. The van der Waals surface area contributed by atoms with Crippen molar-refractivity contribution >= 4 is 35.4 Å². The molecule has 0 heterocycles. The van der Waals surface area contributed by atoms with Gasteiger partial charge in [0.2, 0.25) is 0 Å². The molecule has 0 aromatic heterocycles. The van der Waals surface area contributed by atoms with Crippen LogP contribution in [-0.2, 0) is 50.9 Å². The quantitative estimate of drug-likeness (QED) is 0.0203. The predicted octanol–water partition coefficient (Wildman–Crippen LogP) is 2.52. The van der Waals surface area contributed by atoms with Crippen molar-refractivity contribution in [3.8, 4) is 82.9 Å². The van der Waals surface area contributed by atoms with E-state index >= 15 is 0 Å². The summed E-state index contributed by atoms with van der Waals surface area (Å²) in [5.74, 6) is 31.2. The lowest BCUT2D eigenvalue weighted by atomic mass is 9.85. The third-order valence-corrected chi connectivity index (χ3v) is 10.4.